The second-order valence-electron chi connectivity index (χ2n) is 4.56. The lowest BCUT2D eigenvalue weighted by atomic mass is 10.1. The second kappa shape index (κ2) is 5.64. The van der Waals surface area contributed by atoms with Crippen molar-refractivity contribution in [1.29, 1.82) is 0 Å². The maximum Gasteiger partial charge on any atom is 0.337 e. The number of anilines is 2. The number of aryl methyl sites for hydroxylation is 2. The Kier molecular flexibility index (Phi) is 3.93. The molecule has 1 aromatic carbocycles. The van der Waals surface area contributed by atoms with Crippen LogP contribution in [-0.2, 0) is 20.0 Å². The Balaban J connectivity index is 2.24. The van der Waals surface area contributed by atoms with Crippen LogP contribution in [0.15, 0.2) is 24.4 Å². The van der Waals surface area contributed by atoms with Crippen LogP contribution in [0, 0.1) is 0 Å². The van der Waals surface area contributed by atoms with Gasteiger partial charge in [0, 0.05) is 25.4 Å². The van der Waals surface area contributed by atoms with Crippen LogP contribution in [0.1, 0.15) is 28.5 Å². The third-order valence-electron chi connectivity index (χ3n) is 3.11. The Morgan fingerprint density at radius 3 is 2.90 bits per heavy atom. The molecule has 4 N–H and O–H groups in total. The van der Waals surface area contributed by atoms with E-state index >= 15 is 0 Å². The van der Waals surface area contributed by atoms with E-state index in [-0.39, 0.29) is 5.56 Å². The van der Waals surface area contributed by atoms with E-state index in [1.54, 1.807) is 16.8 Å². The molecule has 6 heteroatoms. The van der Waals surface area contributed by atoms with Crippen molar-refractivity contribution >= 4 is 17.3 Å². The molecule has 0 saturated carbocycles. The number of carbonyl (C=O) groups is 1. The standard InChI is InChI=1S/C14H18N4O2/c1-3-12-9(8-18(2)17-12)7-16-13-10(14(19)20)5-4-6-11(13)15/h4-6,8,16H,3,7,15H2,1-2H3,(H,19,20). The van der Waals surface area contributed by atoms with Crippen LogP contribution in [0.2, 0.25) is 0 Å². The topological polar surface area (TPSA) is 93.2 Å². The average Bonchev–Trinajstić information content (AvgIpc) is 2.77. The van der Waals surface area contributed by atoms with Gasteiger partial charge >= 0.3 is 5.97 Å². The van der Waals surface area contributed by atoms with Crippen molar-refractivity contribution in [3.05, 3.63) is 41.2 Å². The first-order valence-electron chi connectivity index (χ1n) is 6.40. The summed E-state index contributed by atoms with van der Waals surface area (Å²) >= 11 is 0. The van der Waals surface area contributed by atoms with E-state index in [0.29, 0.717) is 17.9 Å². The highest BCUT2D eigenvalue weighted by molar-refractivity contribution is 5.97. The van der Waals surface area contributed by atoms with Gasteiger partial charge in [0.05, 0.1) is 22.6 Å². The molecule has 0 radical (unpaired) electrons. The van der Waals surface area contributed by atoms with Gasteiger partial charge in [-0.3, -0.25) is 4.68 Å². The van der Waals surface area contributed by atoms with Gasteiger partial charge in [-0.05, 0) is 18.6 Å². The fourth-order valence-electron chi connectivity index (χ4n) is 2.16. The molecule has 0 bridgehead atoms. The van der Waals surface area contributed by atoms with E-state index in [2.05, 4.69) is 10.4 Å². The lowest BCUT2D eigenvalue weighted by Crippen LogP contribution is -2.09. The minimum Gasteiger partial charge on any atom is -0.478 e. The van der Waals surface area contributed by atoms with Crippen LogP contribution in [0.5, 0.6) is 0 Å². The van der Waals surface area contributed by atoms with Gasteiger partial charge in [-0.1, -0.05) is 13.0 Å². The predicted octanol–water partition coefficient (Wildman–Crippen LogP) is 1.88. The number of carboxylic acids is 1. The number of aromatic carboxylic acids is 1. The average molecular weight is 274 g/mol. The van der Waals surface area contributed by atoms with Crippen LogP contribution in [0.4, 0.5) is 11.4 Å². The molecular weight excluding hydrogens is 256 g/mol. The zero-order valence-corrected chi connectivity index (χ0v) is 11.6. The number of carboxylic acid groups (broad SMARTS) is 1. The van der Waals surface area contributed by atoms with Crippen molar-refractivity contribution in [2.75, 3.05) is 11.1 Å². The molecule has 0 aliphatic carbocycles. The summed E-state index contributed by atoms with van der Waals surface area (Å²) in [6.45, 7) is 2.52. The lowest BCUT2D eigenvalue weighted by molar-refractivity contribution is 0.0698. The van der Waals surface area contributed by atoms with E-state index in [9.17, 15) is 9.90 Å². The minimum atomic E-state index is -0.998. The highest BCUT2D eigenvalue weighted by atomic mass is 16.4. The number of nitrogen functional groups attached to an aromatic ring is 1. The Morgan fingerprint density at radius 2 is 2.25 bits per heavy atom. The summed E-state index contributed by atoms with van der Waals surface area (Å²) in [5, 5.41) is 16.6. The summed E-state index contributed by atoms with van der Waals surface area (Å²) in [6.07, 6.45) is 2.75. The van der Waals surface area contributed by atoms with Gasteiger partial charge < -0.3 is 16.2 Å². The summed E-state index contributed by atoms with van der Waals surface area (Å²) in [5.74, 6) is -0.998. The van der Waals surface area contributed by atoms with Gasteiger partial charge in [0.1, 0.15) is 0 Å². The van der Waals surface area contributed by atoms with E-state index in [1.807, 2.05) is 20.2 Å². The zero-order chi connectivity index (χ0) is 14.7. The van der Waals surface area contributed by atoms with Crippen LogP contribution >= 0.6 is 0 Å². The SMILES string of the molecule is CCc1nn(C)cc1CNc1c(N)cccc1C(=O)O. The van der Waals surface area contributed by atoms with E-state index in [1.165, 1.54) is 6.07 Å². The van der Waals surface area contributed by atoms with Crippen molar-refractivity contribution in [2.24, 2.45) is 7.05 Å². The maximum absolute atomic E-state index is 11.2. The van der Waals surface area contributed by atoms with Crippen molar-refractivity contribution in [3.8, 4) is 0 Å². The summed E-state index contributed by atoms with van der Waals surface area (Å²) in [7, 11) is 1.86. The molecular formula is C14H18N4O2. The smallest absolute Gasteiger partial charge is 0.337 e. The Morgan fingerprint density at radius 1 is 1.50 bits per heavy atom. The molecule has 0 saturated heterocycles. The van der Waals surface area contributed by atoms with Gasteiger partial charge in [-0.15, -0.1) is 0 Å². The molecule has 6 nitrogen and oxygen atoms in total. The molecule has 20 heavy (non-hydrogen) atoms. The Labute approximate surface area is 117 Å². The van der Waals surface area contributed by atoms with Crippen molar-refractivity contribution < 1.29 is 9.90 Å². The third kappa shape index (κ3) is 2.74. The molecule has 0 fully saturated rings. The van der Waals surface area contributed by atoms with Gasteiger partial charge in [-0.2, -0.15) is 5.10 Å². The van der Waals surface area contributed by atoms with Crippen molar-refractivity contribution in [3.63, 3.8) is 0 Å². The van der Waals surface area contributed by atoms with E-state index in [0.717, 1.165) is 17.7 Å². The van der Waals surface area contributed by atoms with Crippen molar-refractivity contribution in [2.45, 2.75) is 19.9 Å². The number of aromatic nitrogens is 2. The number of nitrogens with two attached hydrogens (primary N) is 1. The molecule has 0 atom stereocenters. The van der Waals surface area contributed by atoms with Gasteiger partial charge in [-0.25, -0.2) is 4.79 Å². The molecule has 0 amide bonds. The molecule has 0 unspecified atom stereocenters. The number of hydrogen-bond acceptors (Lipinski definition) is 4. The molecule has 2 aromatic rings. The predicted molar refractivity (Wildman–Crippen MR) is 77.7 cm³/mol. The molecule has 1 heterocycles. The minimum absolute atomic E-state index is 0.173. The number of nitrogens with zero attached hydrogens (tertiary/aromatic N) is 2. The summed E-state index contributed by atoms with van der Waals surface area (Å²) in [4.78, 5) is 11.2. The van der Waals surface area contributed by atoms with Crippen LogP contribution in [-0.4, -0.2) is 20.9 Å². The molecule has 0 aliphatic heterocycles. The number of nitrogens with one attached hydrogen (secondary N) is 1. The van der Waals surface area contributed by atoms with Crippen LogP contribution in [0.3, 0.4) is 0 Å². The number of rotatable bonds is 5. The number of hydrogen-bond donors (Lipinski definition) is 3. The zero-order valence-electron chi connectivity index (χ0n) is 11.6. The molecule has 0 spiro atoms. The first-order chi connectivity index (χ1) is 9.52. The van der Waals surface area contributed by atoms with Crippen LogP contribution in [0.25, 0.3) is 0 Å². The summed E-state index contributed by atoms with van der Waals surface area (Å²) in [5.41, 5.74) is 8.93. The Bertz CT molecular complexity index is 634. The summed E-state index contributed by atoms with van der Waals surface area (Å²) in [6, 6.07) is 4.84. The van der Waals surface area contributed by atoms with Gasteiger partial charge in [0.15, 0.2) is 0 Å². The Hall–Kier alpha value is -2.50. The number of para-hydroxylation sites is 1. The van der Waals surface area contributed by atoms with E-state index in [4.69, 9.17) is 5.73 Å². The first-order valence-corrected chi connectivity index (χ1v) is 6.40. The fourth-order valence-corrected chi connectivity index (χ4v) is 2.16. The fraction of sp³-hybridized carbons (Fsp3) is 0.286. The number of benzene rings is 1. The highest BCUT2D eigenvalue weighted by Crippen LogP contribution is 2.24. The molecule has 0 aliphatic rings. The largest absolute Gasteiger partial charge is 0.478 e. The van der Waals surface area contributed by atoms with Crippen LogP contribution < -0.4 is 11.1 Å². The lowest BCUT2D eigenvalue weighted by Gasteiger charge is -2.12. The molecule has 1 aromatic heterocycles. The van der Waals surface area contributed by atoms with Crippen molar-refractivity contribution in [1.82, 2.24) is 9.78 Å². The van der Waals surface area contributed by atoms with Gasteiger partial charge in [0.25, 0.3) is 0 Å². The maximum atomic E-state index is 11.2. The molecule has 106 valence electrons. The second-order valence-corrected chi connectivity index (χ2v) is 4.56. The van der Waals surface area contributed by atoms with E-state index < -0.39 is 5.97 Å². The normalized spacial score (nSPS) is 10.5. The highest BCUT2D eigenvalue weighted by Gasteiger charge is 2.13. The monoisotopic (exact) mass is 274 g/mol. The first kappa shape index (κ1) is 13.9. The quantitative estimate of drug-likeness (QED) is 0.724. The van der Waals surface area contributed by atoms with Gasteiger partial charge in [0.2, 0.25) is 0 Å². The third-order valence-corrected chi connectivity index (χ3v) is 3.11. The summed E-state index contributed by atoms with van der Waals surface area (Å²) < 4.78 is 1.75. The molecule has 2 rings (SSSR count).